The predicted octanol–water partition coefficient (Wildman–Crippen LogP) is 2.68. The van der Waals surface area contributed by atoms with Crippen molar-refractivity contribution in [2.24, 2.45) is 0 Å². The van der Waals surface area contributed by atoms with Crippen molar-refractivity contribution in [1.82, 2.24) is 9.21 Å². The molecule has 1 aromatic carbocycles. The lowest BCUT2D eigenvalue weighted by molar-refractivity contribution is -0.156. The standard InChI is InChI=1S/C19H27ClN2O5S/c1-13(2)22(14(3)4)18(23)12-27-19(24)17-6-5-11-21(17)28(25,26)16-9-7-15(20)8-10-16/h7-10,13-14,17H,5-6,11-12H2,1-4H3/t17-/m0/s1. The highest BCUT2D eigenvalue weighted by Gasteiger charge is 2.40. The molecule has 1 fully saturated rings. The van der Waals surface area contributed by atoms with Crippen molar-refractivity contribution < 1.29 is 22.7 Å². The lowest BCUT2D eigenvalue weighted by Gasteiger charge is -2.30. The zero-order chi connectivity index (χ0) is 21.1. The van der Waals surface area contributed by atoms with Crippen LogP contribution in [0.25, 0.3) is 0 Å². The maximum atomic E-state index is 12.9. The fourth-order valence-electron chi connectivity index (χ4n) is 3.48. The predicted molar refractivity (Wildman–Crippen MR) is 106 cm³/mol. The Morgan fingerprint density at radius 1 is 1.18 bits per heavy atom. The van der Waals surface area contributed by atoms with Gasteiger partial charge in [0.2, 0.25) is 10.0 Å². The van der Waals surface area contributed by atoms with Gasteiger partial charge in [-0.3, -0.25) is 9.59 Å². The minimum atomic E-state index is -3.85. The highest BCUT2D eigenvalue weighted by atomic mass is 35.5. The Bertz CT molecular complexity index is 800. The second-order valence-electron chi connectivity index (χ2n) is 7.32. The Kier molecular flexibility index (Phi) is 7.47. The molecule has 156 valence electrons. The average molecular weight is 431 g/mol. The van der Waals surface area contributed by atoms with Crippen molar-refractivity contribution >= 4 is 33.5 Å². The third-order valence-electron chi connectivity index (χ3n) is 4.63. The molecular formula is C19H27ClN2O5S. The number of rotatable bonds is 7. The molecule has 0 bridgehead atoms. The second-order valence-corrected chi connectivity index (χ2v) is 9.65. The number of halogens is 1. The van der Waals surface area contributed by atoms with E-state index in [-0.39, 0.29) is 29.4 Å². The van der Waals surface area contributed by atoms with Gasteiger partial charge < -0.3 is 9.64 Å². The summed E-state index contributed by atoms with van der Waals surface area (Å²) in [5, 5.41) is 0.426. The summed E-state index contributed by atoms with van der Waals surface area (Å²) < 4.78 is 32.1. The maximum Gasteiger partial charge on any atom is 0.324 e. The van der Waals surface area contributed by atoms with Crippen LogP contribution in [0.1, 0.15) is 40.5 Å². The molecule has 1 heterocycles. The van der Waals surface area contributed by atoms with Crippen LogP contribution >= 0.6 is 11.6 Å². The van der Waals surface area contributed by atoms with E-state index < -0.39 is 28.6 Å². The zero-order valence-electron chi connectivity index (χ0n) is 16.6. The van der Waals surface area contributed by atoms with Crippen LogP contribution in [0, 0.1) is 0 Å². The Morgan fingerprint density at radius 2 is 1.75 bits per heavy atom. The van der Waals surface area contributed by atoms with Gasteiger partial charge in [-0.1, -0.05) is 11.6 Å². The van der Waals surface area contributed by atoms with Gasteiger partial charge in [0, 0.05) is 23.7 Å². The number of hydrogen-bond acceptors (Lipinski definition) is 5. The average Bonchev–Trinajstić information content (AvgIpc) is 3.10. The lowest BCUT2D eigenvalue weighted by atomic mass is 10.2. The number of carbonyl (C=O) groups is 2. The van der Waals surface area contributed by atoms with Gasteiger partial charge in [-0.05, 0) is 64.8 Å². The third-order valence-corrected chi connectivity index (χ3v) is 6.81. The number of nitrogens with zero attached hydrogens (tertiary/aromatic N) is 2. The van der Waals surface area contributed by atoms with Gasteiger partial charge in [0.15, 0.2) is 6.61 Å². The Hall–Kier alpha value is -1.64. The number of ether oxygens (including phenoxy) is 1. The molecule has 28 heavy (non-hydrogen) atoms. The number of benzene rings is 1. The summed E-state index contributed by atoms with van der Waals surface area (Å²) in [5.74, 6) is -1.00. The normalized spacial score (nSPS) is 17.9. The van der Waals surface area contributed by atoms with Crippen LogP contribution in [0.15, 0.2) is 29.2 Å². The number of hydrogen-bond donors (Lipinski definition) is 0. The molecule has 1 amide bonds. The smallest absolute Gasteiger partial charge is 0.324 e. The van der Waals surface area contributed by atoms with Crippen LogP contribution in [-0.4, -0.2) is 60.8 Å². The van der Waals surface area contributed by atoms with Gasteiger partial charge in [-0.25, -0.2) is 8.42 Å². The summed E-state index contributed by atoms with van der Waals surface area (Å²) in [4.78, 5) is 26.6. The molecule has 0 N–H and O–H groups in total. The first kappa shape index (κ1) is 22.6. The van der Waals surface area contributed by atoms with Crippen LogP contribution < -0.4 is 0 Å². The first-order valence-corrected chi connectivity index (χ1v) is 11.1. The van der Waals surface area contributed by atoms with Crippen molar-refractivity contribution in [3.05, 3.63) is 29.3 Å². The van der Waals surface area contributed by atoms with E-state index in [1.807, 2.05) is 27.7 Å². The highest BCUT2D eigenvalue weighted by Crippen LogP contribution is 2.27. The fraction of sp³-hybridized carbons (Fsp3) is 0.579. The summed E-state index contributed by atoms with van der Waals surface area (Å²) in [7, 11) is -3.85. The largest absolute Gasteiger partial charge is 0.454 e. The van der Waals surface area contributed by atoms with Crippen LogP contribution in [0.4, 0.5) is 0 Å². The lowest BCUT2D eigenvalue weighted by Crippen LogP contribution is -2.46. The molecule has 0 aliphatic carbocycles. The Labute approximate surface area is 171 Å². The summed E-state index contributed by atoms with van der Waals surface area (Å²) in [5.41, 5.74) is 0. The molecule has 0 saturated carbocycles. The topological polar surface area (TPSA) is 84.0 Å². The Morgan fingerprint density at radius 3 is 2.29 bits per heavy atom. The molecule has 0 aromatic heterocycles. The van der Waals surface area contributed by atoms with Crippen molar-refractivity contribution in [2.45, 2.75) is 63.6 Å². The first-order chi connectivity index (χ1) is 13.1. The molecular weight excluding hydrogens is 404 g/mol. The van der Waals surface area contributed by atoms with E-state index in [1.165, 1.54) is 24.3 Å². The van der Waals surface area contributed by atoms with E-state index in [0.717, 1.165) is 4.31 Å². The quantitative estimate of drug-likeness (QED) is 0.621. The van der Waals surface area contributed by atoms with Gasteiger partial charge >= 0.3 is 5.97 Å². The molecule has 1 aliphatic heterocycles. The van der Waals surface area contributed by atoms with Crippen LogP contribution in [0.2, 0.25) is 5.02 Å². The fourth-order valence-corrected chi connectivity index (χ4v) is 5.25. The second kappa shape index (κ2) is 9.24. The number of sulfonamides is 1. The monoisotopic (exact) mass is 430 g/mol. The summed E-state index contributed by atoms with van der Waals surface area (Å²) >= 11 is 5.82. The summed E-state index contributed by atoms with van der Waals surface area (Å²) in [6.07, 6.45) is 0.905. The first-order valence-electron chi connectivity index (χ1n) is 9.31. The van der Waals surface area contributed by atoms with Crippen LogP contribution in [0.5, 0.6) is 0 Å². The molecule has 1 aliphatic rings. The molecule has 7 nitrogen and oxygen atoms in total. The van der Waals surface area contributed by atoms with Gasteiger partial charge in [-0.15, -0.1) is 0 Å². The van der Waals surface area contributed by atoms with Crippen LogP contribution in [0.3, 0.4) is 0 Å². The zero-order valence-corrected chi connectivity index (χ0v) is 18.2. The molecule has 0 spiro atoms. The molecule has 1 aromatic rings. The Balaban J connectivity index is 2.08. The van der Waals surface area contributed by atoms with E-state index in [4.69, 9.17) is 16.3 Å². The van der Waals surface area contributed by atoms with E-state index >= 15 is 0 Å². The van der Waals surface area contributed by atoms with Gasteiger partial charge in [0.25, 0.3) is 5.91 Å². The molecule has 2 rings (SSSR count). The molecule has 0 radical (unpaired) electrons. The van der Waals surface area contributed by atoms with E-state index in [0.29, 0.717) is 17.9 Å². The van der Waals surface area contributed by atoms with Gasteiger partial charge in [0.1, 0.15) is 6.04 Å². The highest BCUT2D eigenvalue weighted by molar-refractivity contribution is 7.89. The summed E-state index contributed by atoms with van der Waals surface area (Å²) in [6.45, 7) is 7.37. The molecule has 1 saturated heterocycles. The number of esters is 1. The number of carbonyl (C=O) groups excluding carboxylic acids is 2. The van der Waals surface area contributed by atoms with E-state index in [1.54, 1.807) is 4.90 Å². The van der Waals surface area contributed by atoms with Crippen molar-refractivity contribution in [3.63, 3.8) is 0 Å². The van der Waals surface area contributed by atoms with E-state index in [2.05, 4.69) is 0 Å². The SMILES string of the molecule is CC(C)N(C(=O)COC(=O)[C@@H]1CCCN1S(=O)(=O)c1ccc(Cl)cc1)C(C)C. The minimum Gasteiger partial charge on any atom is -0.454 e. The molecule has 1 atom stereocenters. The van der Waals surface area contributed by atoms with Gasteiger partial charge in [0.05, 0.1) is 4.90 Å². The van der Waals surface area contributed by atoms with E-state index in [9.17, 15) is 18.0 Å². The summed E-state index contributed by atoms with van der Waals surface area (Å²) in [6, 6.07) is 4.81. The van der Waals surface area contributed by atoms with Crippen molar-refractivity contribution in [2.75, 3.05) is 13.2 Å². The van der Waals surface area contributed by atoms with Gasteiger partial charge in [-0.2, -0.15) is 4.31 Å². The maximum absolute atomic E-state index is 12.9. The van der Waals surface area contributed by atoms with Crippen LogP contribution in [-0.2, 0) is 24.3 Å². The third kappa shape index (κ3) is 5.04. The minimum absolute atomic E-state index is 0.0283. The molecule has 0 unspecified atom stereocenters. The van der Waals surface area contributed by atoms with Crippen molar-refractivity contribution in [1.29, 1.82) is 0 Å². The van der Waals surface area contributed by atoms with Crippen molar-refractivity contribution in [3.8, 4) is 0 Å². The number of amides is 1. The molecule has 9 heteroatoms.